The summed E-state index contributed by atoms with van der Waals surface area (Å²) in [6.45, 7) is -1.80. The fourth-order valence-corrected chi connectivity index (χ4v) is 1.05. The maximum Gasteiger partial charge on any atom is 0.408 e. The van der Waals surface area contributed by atoms with Gasteiger partial charge in [0.1, 0.15) is 6.54 Å². The van der Waals surface area contributed by atoms with Crippen LogP contribution in [0.15, 0.2) is 6.20 Å². The van der Waals surface area contributed by atoms with E-state index in [2.05, 4.69) is 5.10 Å². The van der Waals surface area contributed by atoms with Gasteiger partial charge in [0.2, 0.25) is 0 Å². The van der Waals surface area contributed by atoms with Crippen molar-refractivity contribution in [3.8, 4) is 0 Å². The molecule has 0 unspecified atom stereocenters. The molecule has 7 heteroatoms. The molecule has 0 radical (unpaired) electrons. The lowest BCUT2D eigenvalue weighted by Crippen LogP contribution is -2.20. The van der Waals surface area contributed by atoms with Crippen LogP contribution in [0.1, 0.15) is 5.69 Å². The summed E-state index contributed by atoms with van der Waals surface area (Å²) in [5.74, 6) is 0. The van der Waals surface area contributed by atoms with Crippen LogP contribution in [0, 0.1) is 0 Å². The topological polar surface area (TPSA) is 38.1 Å². The molecule has 1 rings (SSSR count). The van der Waals surface area contributed by atoms with E-state index in [0.29, 0.717) is 4.68 Å². The van der Waals surface area contributed by atoms with Gasteiger partial charge in [-0.3, -0.25) is 4.68 Å². The molecule has 13 heavy (non-hydrogen) atoms. The van der Waals surface area contributed by atoms with Gasteiger partial charge >= 0.3 is 6.18 Å². The normalized spacial score (nSPS) is 12.1. The van der Waals surface area contributed by atoms with E-state index in [0.717, 1.165) is 6.20 Å². The summed E-state index contributed by atoms with van der Waals surface area (Å²) >= 11 is 5.46. The summed E-state index contributed by atoms with van der Waals surface area (Å²) in [5, 5.41) is 12.1. The molecule has 0 aromatic carbocycles. The molecule has 0 amide bonds. The van der Waals surface area contributed by atoms with Crippen LogP contribution >= 0.6 is 11.6 Å². The minimum Gasteiger partial charge on any atom is -0.390 e. The van der Waals surface area contributed by atoms with Crippen molar-refractivity contribution in [2.24, 2.45) is 0 Å². The summed E-state index contributed by atoms with van der Waals surface area (Å²) in [6.07, 6.45) is -3.29. The molecule has 0 fully saturated rings. The first-order valence-corrected chi connectivity index (χ1v) is 3.69. The van der Waals surface area contributed by atoms with Crippen LogP contribution in [0.3, 0.4) is 0 Å². The Morgan fingerprint density at radius 1 is 1.54 bits per heavy atom. The molecule has 1 aromatic heterocycles. The monoisotopic (exact) mass is 214 g/mol. The lowest BCUT2D eigenvalue weighted by molar-refractivity contribution is -0.143. The molecular formula is C6H6ClF3N2O. The highest BCUT2D eigenvalue weighted by molar-refractivity contribution is 6.31. The second kappa shape index (κ2) is 3.55. The third-order valence-corrected chi connectivity index (χ3v) is 1.69. The van der Waals surface area contributed by atoms with E-state index < -0.39 is 19.3 Å². The number of aliphatic hydroxyl groups excluding tert-OH is 1. The lowest BCUT2D eigenvalue weighted by Gasteiger charge is -2.08. The molecule has 3 nitrogen and oxygen atoms in total. The van der Waals surface area contributed by atoms with Crippen molar-refractivity contribution < 1.29 is 18.3 Å². The van der Waals surface area contributed by atoms with Crippen molar-refractivity contribution in [1.82, 2.24) is 9.78 Å². The first-order chi connectivity index (χ1) is 5.94. The van der Waals surface area contributed by atoms with Crippen LogP contribution in [0.2, 0.25) is 5.02 Å². The summed E-state index contributed by atoms with van der Waals surface area (Å²) in [4.78, 5) is 0. The number of aliphatic hydroxyl groups is 1. The summed E-state index contributed by atoms with van der Waals surface area (Å²) in [5.41, 5.74) is -0.0287. The number of aromatic nitrogens is 2. The zero-order valence-electron chi connectivity index (χ0n) is 6.35. The molecule has 0 spiro atoms. The highest BCUT2D eigenvalue weighted by atomic mass is 35.5. The quantitative estimate of drug-likeness (QED) is 0.812. The van der Waals surface area contributed by atoms with E-state index in [1.807, 2.05) is 0 Å². The zero-order chi connectivity index (χ0) is 10.1. The van der Waals surface area contributed by atoms with Crippen molar-refractivity contribution in [2.75, 3.05) is 0 Å². The average molecular weight is 215 g/mol. The van der Waals surface area contributed by atoms with Gasteiger partial charge in [0.05, 0.1) is 23.5 Å². The van der Waals surface area contributed by atoms with E-state index in [1.54, 1.807) is 0 Å². The van der Waals surface area contributed by atoms with E-state index in [9.17, 15) is 13.2 Å². The highest BCUT2D eigenvalue weighted by Gasteiger charge is 2.29. The Bertz CT molecular complexity index is 297. The fraction of sp³-hybridized carbons (Fsp3) is 0.500. The summed E-state index contributed by atoms with van der Waals surface area (Å²) in [7, 11) is 0. The molecule has 0 saturated carbocycles. The van der Waals surface area contributed by atoms with E-state index in [-0.39, 0.29) is 10.7 Å². The smallest absolute Gasteiger partial charge is 0.390 e. The van der Waals surface area contributed by atoms with Crippen LogP contribution in [0.4, 0.5) is 13.2 Å². The molecule has 1 heterocycles. The first kappa shape index (κ1) is 10.3. The minimum absolute atomic E-state index is 0.0287. The Labute approximate surface area is 76.7 Å². The SMILES string of the molecule is OCc1c(Cl)cnn1CC(F)(F)F. The minimum atomic E-state index is -4.36. The molecule has 0 bridgehead atoms. The van der Waals surface area contributed by atoms with Gasteiger partial charge in [0, 0.05) is 0 Å². The largest absolute Gasteiger partial charge is 0.408 e. The van der Waals surface area contributed by atoms with E-state index >= 15 is 0 Å². The van der Waals surface area contributed by atoms with Crippen molar-refractivity contribution in [1.29, 1.82) is 0 Å². The number of nitrogens with zero attached hydrogens (tertiary/aromatic N) is 2. The molecule has 0 aliphatic carbocycles. The second-order valence-electron chi connectivity index (χ2n) is 2.37. The Balaban J connectivity index is 2.89. The maximum atomic E-state index is 11.9. The predicted molar refractivity (Wildman–Crippen MR) is 39.2 cm³/mol. The van der Waals surface area contributed by atoms with Crippen LogP contribution in [0.5, 0.6) is 0 Å². The highest BCUT2D eigenvalue weighted by Crippen LogP contribution is 2.21. The van der Waals surface area contributed by atoms with Gasteiger partial charge in [-0.2, -0.15) is 18.3 Å². The average Bonchev–Trinajstić information content (AvgIpc) is 2.28. The number of hydrogen-bond donors (Lipinski definition) is 1. The van der Waals surface area contributed by atoms with Crippen molar-refractivity contribution in [3.05, 3.63) is 16.9 Å². The lowest BCUT2D eigenvalue weighted by atomic mass is 10.4. The Morgan fingerprint density at radius 3 is 2.62 bits per heavy atom. The number of alkyl halides is 3. The van der Waals surface area contributed by atoms with Gasteiger partial charge in [0.25, 0.3) is 0 Å². The Morgan fingerprint density at radius 2 is 2.15 bits per heavy atom. The van der Waals surface area contributed by atoms with Gasteiger partial charge in [-0.15, -0.1) is 0 Å². The molecule has 74 valence electrons. The second-order valence-corrected chi connectivity index (χ2v) is 2.78. The van der Waals surface area contributed by atoms with Gasteiger partial charge in [-0.05, 0) is 0 Å². The molecule has 1 aromatic rings. The third-order valence-electron chi connectivity index (χ3n) is 1.38. The molecule has 0 aliphatic heterocycles. The third kappa shape index (κ3) is 2.60. The molecule has 0 saturated heterocycles. The van der Waals surface area contributed by atoms with Crippen molar-refractivity contribution >= 4 is 11.6 Å². The van der Waals surface area contributed by atoms with Crippen molar-refractivity contribution in [3.63, 3.8) is 0 Å². The zero-order valence-corrected chi connectivity index (χ0v) is 7.10. The molecule has 0 atom stereocenters. The summed E-state index contributed by atoms with van der Waals surface area (Å²) in [6, 6.07) is 0. The van der Waals surface area contributed by atoms with E-state index in [4.69, 9.17) is 16.7 Å². The standard InChI is InChI=1S/C6H6ClF3N2O/c7-4-1-11-12(5(4)2-13)3-6(8,9)10/h1,13H,2-3H2. The van der Waals surface area contributed by atoms with Gasteiger partial charge in [0.15, 0.2) is 0 Å². The Hall–Kier alpha value is -0.750. The molecule has 1 N–H and O–H groups in total. The van der Waals surface area contributed by atoms with Gasteiger partial charge in [-0.1, -0.05) is 11.6 Å². The fourth-order valence-electron chi connectivity index (χ4n) is 0.851. The van der Waals surface area contributed by atoms with Crippen LogP contribution < -0.4 is 0 Å². The van der Waals surface area contributed by atoms with Gasteiger partial charge < -0.3 is 5.11 Å². The summed E-state index contributed by atoms with van der Waals surface area (Å²) < 4.78 is 36.3. The molecular weight excluding hydrogens is 209 g/mol. The van der Waals surface area contributed by atoms with Crippen molar-refractivity contribution in [2.45, 2.75) is 19.3 Å². The maximum absolute atomic E-state index is 11.9. The van der Waals surface area contributed by atoms with Crippen LogP contribution in [-0.2, 0) is 13.2 Å². The first-order valence-electron chi connectivity index (χ1n) is 3.32. The number of hydrogen-bond acceptors (Lipinski definition) is 2. The number of rotatable bonds is 2. The molecule has 0 aliphatic rings. The van der Waals surface area contributed by atoms with Gasteiger partial charge in [-0.25, -0.2) is 0 Å². The van der Waals surface area contributed by atoms with Crippen LogP contribution in [-0.4, -0.2) is 21.1 Å². The van der Waals surface area contributed by atoms with Crippen LogP contribution in [0.25, 0.3) is 0 Å². The number of halogens is 4. The Kier molecular flexibility index (Phi) is 2.82. The predicted octanol–water partition coefficient (Wildman–Crippen LogP) is 1.59. The van der Waals surface area contributed by atoms with E-state index in [1.165, 1.54) is 0 Å².